The van der Waals surface area contributed by atoms with Crippen molar-refractivity contribution >= 4 is 61.8 Å². The molecule has 0 unspecified atom stereocenters. The van der Waals surface area contributed by atoms with Gasteiger partial charge in [0.05, 0.1) is 34.1 Å². The smallest absolute Gasteiger partial charge is 0.337 e. The average Bonchev–Trinajstić information content (AvgIpc) is 3.57. The molecule has 0 aliphatic heterocycles. The number of rotatable bonds is 12. The van der Waals surface area contributed by atoms with Crippen molar-refractivity contribution in [3.8, 4) is 0 Å². The number of H-pyrrole nitrogens is 1. The Bertz CT molecular complexity index is 2210. The summed E-state index contributed by atoms with van der Waals surface area (Å²) in [5.74, 6) is -4.21. The summed E-state index contributed by atoms with van der Waals surface area (Å²) in [7, 11) is -2.83. The van der Waals surface area contributed by atoms with Gasteiger partial charge in [-0.05, 0) is 55.0 Å². The number of carboxylic acids is 2. The van der Waals surface area contributed by atoms with E-state index in [1.807, 2.05) is 0 Å². The zero-order chi connectivity index (χ0) is 34.0. The fourth-order valence-corrected chi connectivity index (χ4v) is 6.11. The Morgan fingerprint density at radius 3 is 2.36 bits per heavy atom. The Hall–Kier alpha value is -6.10. The third kappa shape index (κ3) is 6.94. The van der Waals surface area contributed by atoms with Crippen LogP contribution in [0.4, 0.5) is 0 Å². The van der Waals surface area contributed by atoms with Crippen molar-refractivity contribution in [1.82, 2.24) is 29.6 Å². The van der Waals surface area contributed by atoms with Gasteiger partial charge >= 0.3 is 11.9 Å². The van der Waals surface area contributed by atoms with Gasteiger partial charge in [0, 0.05) is 24.6 Å². The normalized spacial score (nSPS) is 12.1. The van der Waals surface area contributed by atoms with Crippen LogP contribution in [0.15, 0.2) is 65.6 Å². The van der Waals surface area contributed by atoms with Crippen LogP contribution in [0.5, 0.6) is 0 Å². The summed E-state index contributed by atoms with van der Waals surface area (Å²) >= 11 is 0. The number of carbonyl (C=O) groups is 5. The lowest BCUT2D eigenvalue weighted by atomic mass is 10.1. The Balaban J connectivity index is 1.26. The molecular formula is C30H27N7O9S. The third-order valence-electron chi connectivity index (χ3n) is 7.30. The first-order valence-electron chi connectivity index (χ1n) is 13.9. The molecule has 47 heavy (non-hydrogen) atoms. The maximum Gasteiger partial charge on any atom is 0.337 e. The minimum absolute atomic E-state index is 0.110. The van der Waals surface area contributed by atoms with Gasteiger partial charge in [0.15, 0.2) is 0 Å². The van der Waals surface area contributed by atoms with Crippen LogP contribution < -0.4 is 15.8 Å². The molecule has 3 amide bonds. The van der Waals surface area contributed by atoms with Crippen LogP contribution >= 0.6 is 0 Å². The number of nitrogens with zero attached hydrogens (tertiary/aromatic N) is 3. The lowest BCUT2D eigenvalue weighted by Gasteiger charge is -2.15. The van der Waals surface area contributed by atoms with Gasteiger partial charge in [0.1, 0.15) is 22.6 Å². The van der Waals surface area contributed by atoms with Crippen LogP contribution in [0.25, 0.3) is 22.1 Å². The van der Waals surface area contributed by atoms with Crippen LogP contribution in [-0.4, -0.2) is 73.9 Å². The predicted octanol–water partition coefficient (Wildman–Crippen LogP) is 1.31. The number of amides is 3. The molecule has 17 heteroatoms. The van der Waals surface area contributed by atoms with E-state index in [-0.39, 0.29) is 12.0 Å². The Labute approximate surface area is 265 Å². The molecule has 0 bridgehead atoms. The van der Waals surface area contributed by atoms with Crippen LogP contribution in [0.1, 0.15) is 55.6 Å². The van der Waals surface area contributed by atoms with E-state index in [4.69, 9.17) is 5.73 Å². The second-order valence-electron chi connectivity index (χ2n) is 10.5. The largest absolute Gasteiger partial charge is 0.480 e. The van der Waals surface area contributed by atoms with E-state index < -0.39 is 69.0 Å². The monoisotopic (exact) mass is 661 g/mol. The summed E-state index contributed by atoms with van der Waals surface area (Å²) < 4.78 is 28.7. The summed E-state index contributed by atoms with van der Waals surface area (Å²) in [6.07, 6.45) is -0.783. The van der Waals surface area contributed by atoms with E-state index in [0.717, 1.165) is 12.1 Å². The van der Waals surface area contributed by atoms with Crippen molar-refractivity contribution in [3.63, 3.8) is 0 Å². The maximum absolute atomic E-state index is 13.0. The number of imidazole rings is 2. The molecule has 2 heterocycles. The lowest BCUT2D eigenvalue weighted by molar-refractivity contribution is -0.139. The molecule has 0 spiro atoms. The highest BCUT2D eigenvalue weighted by molar-refractivity contribution is 7.90. The van der Waals surface area contributed by atoms with E-state index in [9.17, 15) is 42.6 Å². The number of aliphatic carboxylic acids is 1. The first-order chi connectivity index (χ1) is 22.2. The van der Waals surface area contributed by atoms with Gasteiger partial charge in [0.2, 0.25) is 11.8 Å². The minimum Gasteiger partial charge on any atom is -0.480 e. The number of hydrogen-bond acceptors (Lipinski definition) is 9. The number of sulfonamides is 1. The number of carbonyl (C=O) groups excluding carboxylic acids is 3. The standard InChI is InChI=1S/C30H27N7O9S/c1-37-22-13-16(7-9-19(22)34-25(37)14-24-32-18-8-6-15(27(31)39)12-21(18)33-24)28(40)35-20(30(43)44)10-11-26(38)36-47(45,46)23-5-3-2-4-17(23)29(41)42/h2-9,12-13,20H,10-11,14H2,1H3,(H2,31,39)(H,32,33)(H,35,40)(H,36,38)(H,41,42)(H,43,44)/t20-/m0/s1. The fraction of sp³-hybridized carbons (Fsp3) is 0.167. The molecule has 242 valence electrons. The predicted molar refractivity (Wildman–Crippen MR) is 165 cm³/mol. The van der Waals surface area contributed by atoms with Gasteiger partial charge in [-0.15, -0.1) is 0 Å². The second-order valence-corrected chi connectivity index (χ2v) is 12.1. The van der Waals surface area contributed by atoms with Crippen LogP contribution in [0, 0.1) is 0 Å². The maximum atomic E-state index is 13.0. The second kappa shape index (κ2) is 12.7. The molecule has 0 saturated heterocycles. The van der Waals surface area contributed by atoms with E-state index in [0.29, 0.717) is 39.3 Å². The molecular weight excluding hydrogens is 634 g/mol. The highest BCUT2D eigenvalue weighted by Gasteiger charge is 2.26. The number of aromatic carboxylic acids is 1. The van der Waals surface area contributed by atoms with Crippen molar-refractivity contribution in [1.29, 1.82) is 0 Å². The molecule has 0 saturated carbocycles. The number of carboxylic acid groups (broad SMARTS) is 2. The van der Waals surface area contributed by atoms with Crippen LogP contribution in [0.3, 0.4) is 0 Å². The van der Waals surface area contributed by atoms with E-state index in [1.165, 1.54) is 24.3 Å². The minimum atomic E-state index is -4.57. The highest BCUT2D eigenvalue weighted by atomic mass is 32.2. The number of nitrogens with one attached hydrogen (secondary N) is 3. The molecule has 0 aliphatic carbocycles. The average molecular weight is 662 g/mol. The number of primary amides is 1. The van der Waals surface area contributed by atoms with Gasteiger partial charge < -0.3 is 30.8 Å². The summed E-state index contributed by atoms with van der Waals surface area (Å²) in [6, 6.07) is 12.6. The Kier molecular flexibility index (Phi) is 8.74. The van der Waals surface area contributed by atoms with Crippen molar-refractivity contribution < 1.29 is 42.6 Å². The quantitative estimate of drug-likeness (QED) is 0.111. The first kappa shape index (κ1) is 32.3. The van der Waals surface area contributed by atoms with E-state index in [2.05, 4.69) is 20.3 Å². The summed E-state index contributed by atoms with van der Waals surface area (Å²) in [5.41, 5.74) is 7.65. The lowest BCUT2D eigenvalue weighted by Crippen LogP contribution is -2.42. The molecule has 1 atom stereocenters. The molecule has 0 fully saturated rings. The molecule has 2 aromatic heterocycles. The topological polar surface area (TPSA) is 257 Å². The Morgan fingerprint density at radius 2 is 1.66 bits per heavy atom. The Morgan fingerprint density at radius 1 is 0.957 bits per heavy atom. The molecule has 5 rings (SSSR count). The van der Waals surface area contributed by atoms with Crippen molar-refractivity contribution in [2.75, 3.05) is 0 Å². The van der Waals surface area contributed by atoms with Gasteiger partial charge in [-0.1, -0.05) is 12.1 Å². The van der Waals surface area contributed by atoms with E-state index >= 15 is 0 Å². The molecule has 0 radical (unpaired) electrons. The highest BCUT2D eigenvalue weighted by Crippen LogP contribution is 2.21. The van der Waals surface area contributed by atoms with Gasteiger partial charge in [-0.2, -0.15) is 0 Å². The summed E-state index contributed by atoms with van der Waals surface area (Å²) in [6.45, 7) is 0. The molecule has 3 aromatic carbocycles. The number of aromatic amines is 1. The molecule has 0 aliphatic rings. The zero-order valence-electron chi connectivity index (χ0n) is 24.6. The van der Waals surface area contributed by atoms with E-state index in [1.54, 1.807) is 40.6 Å². The summed E-state index contributed by atoms with van der Waals surface area (Å²) in [4.78, 5) is 71.9. The van der Waals surface area contributed by atoms with Crippen molar-refractivity contribution in [2.24, 2.45) is 12.8 Å². The number of aryl methyl sites for hydroxylation is 1. The number of hydrogen-bond donors (Lipinski definition) is 6. The first-order valence-corrected chi connectivity index (χ1v) is 15.4. The summed E-state index contributed by atoms with van der Waals surface area (Å²) in [5, 5.41) is 21.3. The molecule has 7 N–H and O–H groups in total. The molecule has 5 aromatic rings. The number of fused-ring (bicyclic) bond motifs is 2. The fourth-order valence-electron chi connectivity index (χ4n) is 4.90. The number of aromatic nitrogens is 4. The number of benzene rings is 3. The van der Waals surface area contributed by atoms with Crippen LogP contribution in [-0.2, 0) is 33.1 Å². The van der Waals surface area contributed by atoms with Crippen molar-refractivity contribution in [2.45, 2.75) is 30.2 Å². The third-order valence-corrected chi connectivity index (χ3v) is 8.73. The van der Waals surface area contributed by atoms with Crippen molar-refractivity contribution in [3.05, 3.63) is 89.0 Å². The zero-order valence-corrected chi connectivity index (χ0v) is 25.4. The van der Waals surface area contributed by atoms with Gasteiger partial charge in [-0.3, -0.25) is 14.4 Å². The van der Waals surface area contributed by atoms with Gasteiger partial charge in [0.25, 0.3) is 15.9 Å². The molecule has 16 nitrogen and oxygen atoms in total. The number of nitrogens with two attached hydrogens (primary N) is 1. The van der Waals surface area contributed by atoms with Crippen LogP contribution in [0.2, 0.25) is 0 Å². The SMILES string of the molecule is Cn1c(Cc2nc3ccc(C(N)=O)cc3[nH]2)nc2ccc(C(=O)N[C@@H](CCC(=O)NS(=O)(=O)c3ccccc3C(=O)O)C(=O)O)cc21. The van der Waals surface area contributed by atoms with Gasteiger partial charge in [-0.25, -0.2) is 32.7 Å².